The number of benzene rings is 1. The molecule has 0 radical (unpaired) electrons. The maximum absolute atomic E-state index is 13.6. The number of rotatable bonds is 9. The molecule has 0 bridgehead atoms. The molecule has 0 spiro atoms. The number of β-lactam (4-membered cyclic amide) rings is 1. The highest BCUT2D eigenvalue weighted by Gasteiger charge is 2.52. The molecule has 3 amide bonds. The van der Waals surface area contributed by atoms with Crippen LogP contribution in [0.25, 0.3) is 0 Å². The topological polar surface area (TPSA) is 167 Å². The van der Waals surface area contributed by atoms with E-state index in [4.69, 9.17) is 19.9 Å². The second-order valence-electron chi connectivity index (χ2n) is 12.6. The summed E-state index contributed by atoms with van der Waals surface area (Å²) in [7, 11) is 0. The Hall–Kier alpha value is -4.48. The minimum Gasteiger partial charge on any atom is -0.466 e. The van der Waals surface area contributed by atoms with Crippen molar-refractivity contribution in [1.29, 1.82) is 0 Å². The maximum atomic E-state index is 13.6. The van der Waals surface area contributed by atoms with Gasteiger partial charge in [0.1, 0.15) is 22.6 Å². The van der Waals surface area contributed by atoms with Gasteiger partial charge in [0.15, 0.2) is 0 Å². The van der Waals surface area contributed by atoms with Crippen LogP contribution in [0, 0.1) is 5.92 Å². The lowest BCUT2D eigenvalue weighted by atomic mass is 9.79. The molecule has 1 aromatic heterocycles. The van der Waals surface area contributed by atoms with Gasteiger partial charge in [0, 0.05) is 6.20 Å². The van der Waals surface area contributed by atoms with Gasteiger partial charge in [0.2, 0.25) is 5.91 Å². The Morgan fingerprint density at radius 1 is 1.00 bits per heavy atom. The lowest BCUT2D eigenvalue weighted by Crippen LogP contribution is -2.66. The molecule has 1 fully saturated rings. The van der Waals surface area contributed by atoms with Gasteiger partial charge in [-0.05, 0) is 72.9 Å². The Labute approximate surface area is 257 Å². The maximum Gasteiger partial charge on any atom is 0.342 e. The van der Waals surface area contributed by atoms with Gasteiger partial charge < -0.3 is 25.3 Å². The molecule has 1 aliphatic heterocycles. The standard InChI is InChI=1S/C32H42N4O8/c1-9-42-24(37)16-23-21(27(38)36(23)30(41)35-18(2)19-13-11-10-12-14-19)15-20-22(28(39)43-31(3,4)5)17-34-26(33)25(20)29(40)44-32(6,7)8/h10-14,17-18,21,23H,9,15-16H2,1-8H3,(H2,33,34)(H,35,41)/t18-,21-,23-/m1/s1. The third-order valence-electron chi connectivity index (χ3n) is 6.75. The molecule has 2 heterocycles. The van der Waals surface area contributed by atoms with Crippen molar-refractivity contribution < 1.29 is 38.2 Å². The van der Waals surface area contributed by atoms with Crippen LogP contribution in [0.15, 0.2) is 36.5 Å². The van der Waals surface area contributed by atoms with Crippen LogP contribution in [0.1, 0.15) is 99.7 Å². The first-order valence-corrected chi connectivity index (χ1v) is 14.5. The number of esters is 3. The van der Waals surface area contributed by atoms with Crippen molar-refractivity contribution in [3.8, 4) is 0 Å². The smallest absolute Gasteiger partial charge is 0.342 e. The summed E-state index contributed by atoms with van der Waals surface area (Å²) in [6, 6.07) is 7.13. The predicted molar refractivity (Wildman–Crippen MR) is 161 cm³/mol. The molecule has 3 rings (SSSR count). The number of likely N-dealkylation sites (tertiary alicyclic amines) is 1. The summed E-state index contributed by atoms with van der Waals surface area (Å²) in [5.41, 5.74) is 4.98. The average Bonchev–Trinajstić information content (AvgIpc) is 2.90. The van der Waals surface area contributed by atoms with Gasteiger partial charge in [0.25, 0.3) is 0 Å². The van der Waals surface area contributed by atoms with E-state index in [9.17, 15) is 24.0 Å². The first-order valence-electron chi connectivity index (χ1n) is 14.5. The Morgan fingerprint density at radius 3 is 2.16 bits per heavy atom. The summed E-state index contributed by atoms with van der Waals surface area (Å²) in [6.45, 7) is 13.6. The van der Waals surface area contributed by atoms with E-state index in [1.54, 1.807) is 55.4 Å². The highest BCUT2D eigenvalue weighted by Crippen LogP contribution is 2.36. The average molecular weight is 611 g/mol. The number of nitrogens with zero attached hydrogens (tertiary/aromatic N) is 2. The second kappa shape index (κ2) is 13.4. The number of carbonyl (C=O) groups excluding carboxylic acids is 5. The van der Waals surface area contributed by atoms with Crippen LogP contribution in [0.3, 0.4) is 0 Å². The Balaban J connectivity index is 2.03. The molecular formula is C32H42N4O8. The lowest BCUT2D eigenvalue weighted by molar-refractivity contribution is -0.156. The summed E-state index contributed by atoms with van der Waals surface area (Å²) in [4.78, 5) is 71.3. The second-order valence-corrected chi connectivity index (χ2v) is 12.6. The zero-order chi connectivity index (χ0) is 33.0. The van der Waals surface area contributed by atoms with Crippen molar-refractivity contribution in [2.45, 2.75) is 91.5 Å². The highest BCUT2D eigenvalue weighted by atomic mass is 16.6. The number of carbonyl (C=O) groups is 5. The van der Waals surface area contributed by atoms with Gasteiger partial charge in [0.05, 0.1) is 36.6 Å². The Bertz CT molecular complexity index is 1410. The normalized spacial score (nSPS) is 17.3. The number of nitrogens with two attached hydrogens (primary N) is 1. The number of urea groups is 1. The summed E-state index contributed by atoms with van der Waals surface area (Å²) in [5, 5.41) is 2.80. The van der Waals surface area contributed by atoms with Crippen LogP contribution in [-0.2, 0) is 30.2 Å². The van der Waals surface area contributed by atoms with E-state index in [1.165, 1.54) is 6.20 Å². The van der Waals surface area contributed by atoms with Gasteiger partial charge in [-0.3, -0.25) is 14.5 Å². The third-order valence-corrected chi connectivity index (χ3v) is 6.75. The van der Waals surface area contributed by atoms with Crippen molar-refractivity contribution in [2.24, 2.45) is 5.92 Å². The molecule has 1 aliphatic rings. The van der Waals surface area contributed by atoms with Crippen LogP contribution in [0.4, 0.5) is 10.6 Å². The fourth-order valence-corrected chi connectivity index (χ4v) is 4.85. The molecule has 44 heavy (non-hydrogen) atoms. The molecule has 1 saturated heterocycles. The number of hydrogen-bond donors (Lipinski definition) is 2. The van der Waals surface area contributed by atoms with Crippen molar-refractivity contribution in [2.75, 3.05) is 12.3 Å². The first kappa shape index (κ1) is 34.0. The number of pyridine rings is 1. The zero-order valence-electron chi connectivity index (χ0n) is 26.6. The van der Waals surface area contributed by atoms with E-state index in [-0.39, 0.29) is 42.0 Å². The summed E-state index contributed by atoms with van der Waals surface area (Å²) in [5.74, 6) is -4.04. The molecule has 12 heteroatoms. The van der Waals surface area contributed by atoms with Crippen molar-refractivity contribution >= 4 is 35.7 Å². The number of nitrogens with one attached hydrogen (secondary N) is 1. The summed E-state index contributed by atoms with van der Waals surface area (Å²) in [6.07, 6.45) is 0.667. The number of nitrogen functional groups attached to an aromatic ring is 1. The molecule has 1 aromatic carbocycles. The minimum atomic E-state index is -0.985. The van der Waals surface area contributed by atoms with E-state index in [1.807, 2.05) is 30.3 Å². The molecule has 3 N–H and O–H groups in total. The predicted octanol–water partition coefficient (Wildman–Crippen LogP) is 4.37. The highest BCUT2D eigenvalue weighted by molar-refractivity contribution is 6.04. The minimum absolute atomic E-state index is 0.0749. The lowest BCUT2D eigenvalue weighted by Gasteiger charge is -2.45. The zero-order valence-corrected chi connectivity index (χ0v) is 26.6. The van der Waals surface area contributed by atoms with E-state index in [0.717, 1.165) is 10.5 Å². The van der Waals surface area contributed by atoms with Gasteiger partial charge in [-0.25, -0.2) is 19.4 Å². The molecule has 0 aliphatic carbocycles. The van der Waals surface area contributed by atoms with Gasteiger partial charge in [-0.1, -0.05) is 30.3 Å². The fourth-order valence-electron chi connectivity index (χ4n) is 4.85. The SMILES string of the molecule is CCOC(=O)C[C@@H]1[C@@H](Cc2c(C(=O)OC(C)(C)C)cnc(N)c2C(=O)OC(C)(C)C)C(=O)N1C(=O)N[C@H](C)c1ccccc1. The molecule has 3 atom stereocenters. The van der Waals surface area contributed by atoms with E-state index in [2.05, 4.69) is 10.3 Å². The van der Waals surface area contributed by atoms with E-state index >= 15 is 0 Å². The summed E-state index contributed by atoms with van der Waals surface area (Å²) < 4.78 is 16.3. The molecule has 2 aromatic rings. The molecule has 0 saturated carbocycles. The molecule has 238 valence electrons. The number of imide groups is 1. The third kappa shape index (κ3) is 8.33. The van der Waals surface area contributed by atoms with Crippen LogP contribution in [0.2, 0.25) is 0 Å². The monoisotopic (exact) mass is 610 g/mol. The van der Waals surface area contributed by atoms with Crippen LogP contribution >= 0.6 is 0 Å². The van der Waals surface area contributed by atoms with Crippen molar-refractivity contribution in [3.63, 3.8) is 0 Å². The van der Waals surface area contributed by atoms with E-state index < -0.39 is 59.0 Å². The quantitative estimate of drug-likeness (QED) is 0.236. The van der Waals surface area contributed by atoms with Crippen molar-refractivity contribution in [3.05, 3.63) is 58.8 Å². The molecule has 12 nitrogen and oxygen atoms in total. The van der Waals surface area contributed by atoms with Gasteiger partial charge >= 0.3 is 23.9 Å². The van der Waals surface area contributed by atoms with Gasteiger partial charge in [-0.15, -0.1) is 0 Å². The first-order chi connectivity index (χ1) is 20.4. The molecule has 0 unspecified atom stereocenters. The Kier molecular flexibility index (Phi) is 10.4. The number of amides is 3. The Morgan fingerprint density at radius 2 is 1.59 bits per heavy atom. The number of anilines is 1. The number of ether oxygens (including phenoxy) is 3. The fraction of sp³-hybridized carbons (Fsp3) is 0.500. The van der Waals surface area contributed by atoms with Crippen LogP contribution < -0.4 is 11.1 Å². The number of hydrogen-bond acceptors (Lipinski definition) is 10. The number of aromatic nitrogens is 1. The molecular weight excluding hydrogens is 568 g/mol. The van der Waals surface area contributed by atoms with Crippen LogP contribution in [-0.4, -0.2) is 63.6 Å². The van der Waals surface area contributed by atoms with Crippen molar-refractivity contribution in [1.82, 2.24) is 15.2 Å². The van der Waals surface area contributed by atoms with Crippen LogP contribution in [0.5, 0.6) is 0 Å². The van der Waals surface area contributed by atoms with Gasteiger partial charge in [-0.2, -0.15) is 0 Å². The largest absolute Gasteiger partial charge is 0.466 e. The van der Waals surface area contributed by atoms with E-state index in [0.29, 0.717) is 0 Å². The summed E-state index contributed by atoms with van der Waals surface area (Å²) >= 11 is 0.